The molecule has 3 rings (SSSR count). The van der Waals surface area contributed by atoms with Gasteiger partial charge in [0.1, 0.15) is 0 Å². The van der Waals surface area contributed by atoms with E-state index in [0.717, 1.165) is 24.9 Å². The van der Waals surface area contributed by atoms with Crippen molar-refractivity contribution in [1.82, 2.24) is 10.2 Å². The second-order valence-corrected chi connectivity index (χ2v) is 6.60. The van der Waals surface area contributed by atoms with Gasteiger partial charge in [-0.05, 0) is 55.7 Å². The predicted octanol–water partition coefficient (Wildman–Crippen LogP) is 3.21. The zero-order chi connectivity index (χ0) is 13.8. The fourth-order valence-electron chi connectivity index (χ4n) is 3.23. The molecular formula is C18H28N2. The van der Waals surface area contributed by atoms with Gasteiger partial charge in [-0.2, -0.15) is 0 Å². The number of hydrogen-bond donors (Lipinski definition) is 1. The van der Waals surface area contributed by atoms with Crippen LogP contribution in [0.5, 0.6) is 0 Å². The van der Waals surface area contributed by atoms with Crippen molar-refractivity contribution in [2.24, 2.45) is 5.92 Å². The van der Waals surface area contributed by atoms with E-state index >= 15 is 0 Å². The summed E-state index contributed by atoms with van der Waals surface area (Å²) in [6.45, 7) is 7.09. The van der Waals surface area contributed by atoms with Crippen molar-refractivity contribution in [3.05, 3.63) is 35.4 Å². The van der Waals surface area contributed by atoms with Gasteiger partial charge in [0.2, 0.25) is 0 Å². The molecule has 1 saturated carbocycles. The fourth-order valence-corrected chi connectivity index (χ4v) is 3.23. The van der Waals surface area contributed by atoms with Gasteiger partial charge in [0.15, 0.2) is 0 Å². The molecule has 0 radical (unpaired) electrons. The molecular weight excluding hydrogens is 244 g/mol. The highest BCUT2D eigenvalue weighted by Crippen LogP contribution is 2.30. The SMILES string of the molecule is CCc1ccc(CN(CC2CC2)CC2CCCN2)cc1. The minimum absolute atomic E-state index is 0.726. The van der Waals surface area contributed by atoms with E-state index < -0.39 is 0 Å². The lowest BCUT2D eigenvalue weighted by Crippen LogP contribution is -2.38. The average Bonchev–Trinajstić information content (AvgIpc) is 3.13. The van der Waals surface area contributed by atoms with E-state index in [0.29, 0.717) is 0 Å². The minimum atomic E-state index is 0.726. The highest BCUT2D eigenvalue weighted by molar-refractivity contribution is 5.22. The molecule has 1 aliphatic heterocycles. The summed E-state index contributed by atoms with van der Waals surface area (Å²) in [6, 6.07) is 9.95. The van der Waals surface area contributed by atoms with Gasteiger partial charge in [-0.25, -0.2) is 0 Å². The Morgan fingerprint density at radius 2 is 1.80 bits per heavy atom. The summed E-state index contributed by atoms with van der Waals surface area (Å²) in [6.07, 6.45) is 6.74. The smallest absolute Gasteiger partial charge is 0.0234 e. The number of benzene rings is 1. The standard InChI is InChI=1S/C18H28N2/c1-2-15-5-7-16(8-6-15)12-20(13-17-9-10-17)14-18-4-3-11-19-18/h5-8,17-19H,2-4,9-14H2,1H3. The summed E-state index contributed by atoms with van der Waals surface area (Å²) < 4.78 is 0. The summed E-state index contributed by atoms with van der Waals surface area (Å²) in [5, 5.41) is 3.64. The largest absolute Gasteiger partial charge is 0.313 e. The highest BCUT2D eigenvalue weighted by atomic mass is 15.2. The van der Waals surface area contributed by atoms with Crippen molar-refractivity contribution < 1.29 is 0 Å². The van der Waals surface area contributed by atoms with Crippen LogP contribution < -0.4 is 5.32 Å². The first-order valence-corrected chi connectivity index (χ1v) is 8.37. The molecule has 2 heteroatoms. The van der Waals surface area contributed by atoms with Crippen molar-refractivity contribution in [3.8, 4) is 0 Å². The molecule has 110 valence electrons. The summed E-state index contributed by atoms with van der Waals surface area (Å²) in [4.78, 5) is 2.68. The van der Waals surface area contributed by atoms with E-state index in [9.17, 15) is 0 Å². The van der Waals surface area contributed by atoms with Gasteiger partial charge in [-0.3, -0.25) is 4.90 Å². The van der Waals surface area contributed by atoms with E-state index in [2.05, 4.69) is 41.4 Å². The van der Waals surface area contributed by atoms with Crippen LogP contribution in [-0.2, 0) is 13.0 Å². The average molecular weight is 272 g/mol. The molecule has 0 amide bonds. The third kappa shape index (κ3) is 4.07. The minimum Gasteiger partial charge on any atom is -0.313 e. The van der Waals surface area contributed by atoms with E-state index in [1.807, 2.05) is 0 Å². The molecule has 1 saturated heterocycles. The van der Waals surface area contributed by atoms with Crippen molar-refractivity contribution in [2.75, 3.05) is 19.6 Å². The lowest BCUT2D eigenvalue weighted by Gasteiger charge is -2.26. The van der Waals surface area contributed by atoms with E-state index in [1.54, 1.807) is 0 Å². The lowest BCUT2D eigenvalue weighted by molar-refractivity contribution is 0.232. The Kier molecular flexibility index (Phi) is 4.74. The molecule has 0 spiro atoms. The molecule has 2 aliphatic rings. The molecule has 1 aliphatic carbocycles. The number of nitrogens with zero attached hydrogens (tertiary/aromatic N) is 1. The molecule has 2 fully saturated rings. The number of hydrogen-bond acceptors (Lipinski definition) is 2. The van der Waals surface area contributed by atoms with Crippen LogP contribution in [0.15, 0.2) is 24.3 Å². The Labute approximate surface area is 123 Å². The Morgan fingerprint density at radius 1 is 1.05 bits per heavy atom. The molecule has 20 heavy (non-hydrogen) atoms. The van der Waals surface area contributed by atoms with Crippen LogP contribution in [0.3, 0.4) is 0 Å². The van der Waals surface area contributed by atoms with Gasteiger partial charge in [0.25, 0.3) is 0 Å². The Morgan fingerprint density at radius 3 is 2.40 bits per heavy atom. The van der Waals surface area contributed by atoms with E-state index in [1.165, 1.54) is 56.4 Å². The van der Waals surface area contributed by atoms with E-state index in [4.69, 9.17) is 0 Å². The number of nitrogens with one attached hydrogen (secondary N) is 1. The van der Waals surface area contributed by atoms with Gasteiger partial charge < -0.3 is 5.32 Å². The molecule has 1 heterocycles. The first-order valence-electron chi connectivity index (χ1n) is 8.37. The van der Waals surface area contributed by atoms with Crippen LogP contribution in [0.25, 0.3) is 0 Å². The van der Waals surface area contributed by atoms with Gasteiger partial charge >= 0.3 is 0 Å². The summed E-state index contributed by atoms with van der Waals surface area (Å²) in [5.41, 5.74) is 2.92. The van der Waals surface area contributed by atoms with Crippen LogP contribution in [-0.4, -0.2) is 30.6 Å². The normalized spacial score (nSPS) is 22.6. The first kappa shape index (κ1) is 14.1. The Bertz CT molecular complexity index is 402. The third-order valence-corrected chi connectivity index (χ3v) is 4.69. The molecule has 0 aromatic heterocycles. The number of aryl methyl sites for hydroxylation is 1. The predicted molar refractivity (Wildman–Crippen MR) is 84.8 cm³/mol. The van der Waals surface area contributed by atoms with Gasteiger partial charge in [0, 0.05) is 25.7 Å². The van der Waals surface area contributed by atoms with Crippen molar-refractivity contribution in [2.45, 2.75) is 51.6 Å². The maximum absolute atomic E-state index is 3.64. The second-order valence-electron chi connectivity index (χ2n) is 6.60. The molecule has 1 N–H and O–H groups in total. The molecule has 1 aromatic carbocycles. The van der Waals surface area contributed by atoms with Crippen molar-refractivity contribution >= 4 is 0 Å². The summed E-state index contributed by atoms with van der Waals surface area (Å²) in [7, 11) is 0. The third-order valence-electron chi connectivity index (χ3n) is 4.69. The van der Waals surface area contributed by atoms with Crippen LogP contribution in [0, 0.1) is 5.92 Å². The van der Waals surface area contributed by atoms with Crippen LogP contribution in [0.4, 0.5) is 0 Å². The van der Waals surface area contributed by atoms with Crippen molar-refractivity contribution in [3.63, 3.8) is 0 Å². The molecule has 1 atom stereocenters. The quantitative estimate of drug-likeness (QED) is 0.820. The maximum Gasteiger partial charge on any atom is 0.0234 e. The second kappa shape index (κ2) is 6.73. The summed E-state index contributed by atoms with van der Waals surface area (Å²) in [5.74, 6) is 0.978. The molecule has 2 nitrogen and oxygen atoms in total. The Balaban J connectivity index is 1.58. The number of rotatable bonds is 7. The fraction of sp³-hybridized carbons (Fsp3) is 0.667. The van der Waals surface area contributed by atoms with Crippen molar-refractivity contribution in [1.29, 1.82) is 0 Å². The zero-order valence-corrected chi connectivity index (χ0v) is 12.8. The lowest BCUT2D eigenvalue weighted by atomic mass is 10.1. The molecule has 0 bridgehead atoms. The van der Waals surface area contributed by atoms with Crippen LogP contribution in [0.1, 0.15) is 43.7 Å². The summed E-state index contributed by atoms with van der Waals surface area (Å²) >= 11 is 0. The van der Waals surface area contributed by atoms with Gasteiger partial charge in [0.05, 0.1) is 0 Å². The van der Waals surface area contributed by atoms with Gasteiger partial charge in [-0.1, -0.05) is 31.2 Å². The molecule has 1 unspecified atom stereocenters. The van der Waals surface area contributed by atoms with E-state index in [-0.39, 0.29) is 0 Å². The van der Waals surface area contributed by atoms with Crippen LogP contribution in [0.2, 0.25) is 0 Å². The van der Waals surface area contributed by atoms with Crippen LogP contribution >= 0.6 is 0 Å². The highest BCUT2D eigenvalue weighted by Gasteiger charge is 2.26. The topological polar surface area (TPSA) is 15.3 Å². The maximum atomic E-state index is 3.64. The first-order chi connectivity index (χ1) is 9.83. The monoisotopic (exact) mass is 272 g/mol. The zero-order valence-electron chi connectivity index (χ0n) is 12.8. The Hall–Kier alpha value is -0.860. The molecule has 1 aromatic rings. The van der Waals surface area contributed by atoms with Gasteiger partial charge in [-0.15, -0.1) is 0 Å².